The minimum atomic E-state index is -0.569. The average Bonchev–Trinajstić information content (AvgIpc) is 2.90. The highest BCUT2D eigenvalue weighted by Crippen LogP contribution is 2.34. The van der Waals surface area contributed by atoms with Gasteiger partial charge in [-0.05, 0) is 65.9 Å². The van der Waals surface area contributed by atoms with E-state index in [-0.39, 0.29) is 17.6 Å². The van der Waals surface area contributed by atoms with E-state index in [1.165, 1.54) is 6.20 Å². The molecule has 2 heterocycles. The van der Waals surface area contributed by atoms with Gasteiger partial charge in [0, 0.05) is 43.5 Å². The van der Waals surface area contributed by atoms with Gasteiger partial charge in [-0.15, -0.1) is 0 Å². The molecule has 0 aliphatic carbocycles. The van der Waals surface area contributed by atoms with Crippen molar-refractivity contribution in [3.05, 3.63) is 54.2 Å². The number of piperazine rings is 1. The van der Waals surface area contributed by atoms with Crippen LogP contribution in [-0.4, -0.2) is 65.8 Å². The van der Waals surface area contributed by atoms with E-state index in [1.807, 2.05) is 77.1 Å². The van der Waals surface area contributed by atoms with Crippen LogP contribution in [0.1, 0.15) is 40.2 Å². The fourth-order valence-electron chi connectivity index (χ4n) is 4.19. The van der Waals surface area contributed by atoms with E-state index < -0.39 is 11.6 Å². The number of nitriles is 1. The van der Waals surface area contributed by atoms with Crippen LogP contribution in [0, 0.1) is 11.3 Å². The molecule has 11 nitrogen and oxygen atoms in total. The maximum atomic E-state index is 12.7. The fourth-order valence-corrected chi connectivity index (χ4v) is 4.19. The molecule has 2 aromatic carbocycles. The topological polar surface area (TPSA) is 128 Å². The zero-order valence-electron chi connectivity index (χ0n) is 24.5. The van der Waals surface area contributed by atoms with Crippen LogP contribution in [-0.2, 0) is 0 Å². The summed E-state index contributed by atoms with van der Waals surface area (Å²) >= 11 is 0. The van der Waals surface area contributed by atoms with Gasteiger partial charge in [-0.1, -0.05) is 12.1 Å². The van der Waals surface area contributed by atoms with Crippen molar-refractivity contribution >= 4 is 34.9 Å². The van der Waals surface area contributed by atoms with E-state index in [0.29, 0.717) is 28.7 Å². The zero-order chi connectivity index (χ0) is 29.6. The molecule has 1 aliphatic rings. The smallest absolute Gasteiger partial charge is 0.413 e. The van der Waals surface area contributed by atoms with Crippen LogP contribution in [0.2, 0.25) is 0 Å². The molecule has 1 amide bonds. The van der Waals surface area contributed by atoms with Crippen LogP contribution in [0.5, 0.6) is 11.5 Å². The first kappa shape index (κ1) is 29.4. The van der Waals surface area contributed by atoms with Gasteiger partial charge in [0.05, 0.1) is 23.7 Å². The molecule has 216 valence electrons. The van der Waals surface area contributed by atoms with E-state index in [9.17, 15) is 10.1 Å². The lowest BCUT2D eigenvalue weighted by molar-refractivity contribution is 0.191. The molecule has 11 heteroatoms. The molecule has 0 radical (unpaired) electrons. The predicted molar refractivity (Wildman–Crippen MR) is 161 cm³/mol. The number of amides is 1. The molecule has 3 N–H and O–H groups in total. The highest BCUT2D eigenvalue weighted by atomic mass is 16.6. The number of aromatic nitrogens is 2. The molecule has 0 bridgehead atoms. The van der Waals surface area contributed by atoms with Gasteiger partial charge in [0.25, 0.3) is 0 Å². The Morgan fingerprint density at radius 1 is 1.02 bits per heavy atom. The summed E-state index contributed by atoms with van der Waals surface area (Å²) < 4.78 is 11.7. The molecule has 4 rings (SSSR count). The van der Waals surface area contributed by atoms with E-state index in [1.54, 1.807) is 0 Å². The lowest BCUT2D eigenvalue weighted by Gasteiger charge is -2.34. The number of hydrogen-bond acceptors (Lipinski definition) is 10. The number of ether oxygens (including phenoxy) is 2. The number of likely N-dealkylation sites (N-methyl/N-ethyl adjacent to an activating group) is 1. The van der Waals surface area contributed by atoms with Gasteiger partial charge in [-0.25, -0.2) is 9.78 Å². The van der Waals surface area contributed by atoms with Crippen molar-refractivity contribution in [3.8, 4) is 17.6 Å². The fraction of sp³-hybridized carbons (Fsp3) is 0.400. The Morgan fingerprint density at radius 2 is 1.73 bits per heavy atom. The summed E-state index contributed by atoms with van der Waals surface area (Å²) in [4.78, 5) is 26.2. The quantitative estimate of drug-likeness (QED) is 0.337. The molecule has 1 aromatic heterocycles. The zero-order valence-corrected chi connectivity index (χ0v) is 24.5. The molecule has 0 atom stereocenters. The lowest BCUT2D eigenvalue weighted by Crippen LogP contribution is -2.44. The first-order valence-electron chi connectivity index (χ1n) is 13.6. The number of anilines is 5. The Kier molecular flexibility index (Phi) is 9.14. The summed E-state index contributed by atoms with van der Waals surface area (Å²) in [5, 5.41) is 18.9. The van der Waals surface area contributed by atoms with Gasteiger partial charge in [0.2, 0.25) is 5.95 Å². The Hall–Kier alpha value is -4.56. The van der Waals surface area contributed by atoms with Crippen molar-refractivity contribution in [3.63, 3.8) is 0 Å². The van der Waals surface area contributed by atoms with Gasteiger partial charge in [-0.3, -0.25) is 0 Å². The van der Waals surface area contributed by atoms with E-state index >= 15 is 0 Å². The Morgan fingerprint density at radius 3 is 2.41 bits per heavy atom. The number of carbonyl (C=O) groups is 1. The molecule has 0 unspecified atom stereocenters. The second kappa shape index (κ2) is 12.7. The van der Waals surface area contributed by atoms with Gasteiger partial charge < -0.3 is 35.2 Å². The molecule has 1 saturated heterocycles. The first-order valence-corrected chi connectivity index (χ1v) is 13.6. The second-order valence-corrected chi connectivity index (χ2v) is 11.2. The van der Waals surface area contributed by atoms with Crippen molar-refractivity contribution in [2.75, 3.05) is 48.8 Å². The third-order valence-electron chi connectivity index (χ3n) is 6.17. The number of nitrogens with zero attached hydrogens (tertiary/aromatic N) is 5. The SMILES string of the molecule is CC(C)Oc1ccccc1Nc1nc(Nc2ccc(N3CCN(C)CC3)cc2OC(=O)NC(C)(C)C)ncc1C#N. The van der Waals surface area contributed by atoms with Crippen LogP contribution in [0.25, 0.3) is 0 Å². The number of hydrogen-bond donors (Lipinski definition) is 3. The number of rotatable bonds is 8. The van der Waals surface area contributed by atoms with Crippen molar-refractivity contribution < 1.29 is 14.3 Å². The summed E-state index contributed by atoms with van der Waals surface area (Å²) in [6, 6.07) is 15.2. The van der Waals surface area contributed by atoms with Crippen LogP contribution >= 0.6 is 0 Å². The van der Waals surface area contributed by atoms with Crippen LogP contribution in [0.4, 0.5) is 33.6 Å². The van der Waals surface area contributed by atoms with Crippen molar-refractivity contribution in [2.45, 2.75) is 46.3 Å². The minimum absolute atomic E-state index is 0.0289. The highest BCUT2D eigenvalue weighted by molar-refractivity contribution is 5.77. The molecular weight excluding hydrogens is 520 g/mol. The summed E-state index contributed by atoms with van der Waals surface area (Å²) in [5.74, 6) is 1.51. The Bertz CT molecular complexity index is 1410. The predicted octanol–water partition coefficient (Wildman–Crippen LogP) is 5.26. The maximum Gasteiger partial charge on any atom is 0.413 e. The number of benzene rings is 2. The van der Waals surface area contributed by atoms with Crippen LogP contribution in [0.3, 0.4) is 0 Å². The summed E-state index contributed by atoms with van der Waals surface area (Å²) in [7, 11) is 2.10. The summed E-state index contributed by atoms with van der Waals surface area (Å²) in [6.07, 6.45) is 0.842. The second-order valence-electron chi connectivity index (χ2n) is 11.2. The molecule has 1 fully saturated rings. The van der Waals surface area contributed by atoms with E-state index in [4.69, 9.17) is 9.47 Å². The van der Waals surface area contributed by atoms with Crippen molar-refractivity contribution in [2.24, 2.45) is 0 Å². The van der Waals surface area contributed by atoms with Crippen LogP contribution < -0.4 is 30.3 Å². The van der Waals surface area contributed by atoms with Crippen molar-refractivity contribution in [1.29, 1.82) is 5.26 Å². The standard InChI is InChI=1S/C30H38N8O3/c1-20(2)40-25-10-8-7-9-23(25)33-27-21(18-31)19-32-28(35-27)34-24-12-11-22(38-15-13-37(6)14-16-38)17-26(24)41-29(39)36-30(3,4)5/h7-12,17,19-20H,13-16H2,1-6H3,(H,36,39)(H2,32,33,34,35). The normalized spacial score (nSPS) is 13.9. The summed E-state index contributed by atoms with van der Waals surface area (Å²) in [5.41, 5.74) is 1.92. The molecule has 41 heavy (non-hydrogen) atoms. The van der Waals surface area contributed by atoms with Crippen molar-refractivity contribution in [1.82, 2.24) is 20.2 Å². The molecule has 3 aromatic rings. The highest BCUT2D eigenvalue weighted by Gasteiger charge is 2.21. The van der Waals surface area contributed by atoms with E-state index in [2.05, 4.69) is 48.8 Å². The first-order chi connectivity index (χ1) is 19.5. The third-order valence-corrected chi connectivity index (χ3v) is 6.17. The maximum absolute atomic E-state index is 12.7. The molecule has 0 spiro atoms. The number of carbonyl (C=O) groups excluding carboxylic acids is 1. The number of para-hydroxylation sites is 2. The molecular formula is C30H38N8O3. The molecule has 0 saturated carbocycles. The molecule has 1 aliphatic heterocycles. The average molecular weight is 559 g/mol. The van der Waals surface area contributed by atoms with Gasteiger partial charge in [0.15, 0.2) is 11.6 Å². The minimum Gasteiger partial charge on any atom is -0.489 e. The Labute approximate surface area is 241 Å². The van der Waals surface area contributed by atoms with Gasteiger partial charge in [-0.2, -0.15) is 10.2 Å². The monoisotopic (exact) mass is 558 g/mol. The number of nitrogens with one attached hydrogen (secondary N) is 3. The Balaban J connectivity index is 1.63. The lowest BCUT2D eigenvalue weighted by atomic mass is 10.1. The van der Waals surface area contributed by atoms with Gasteiger partial charge in [0.1, 0.15) is 17.4 Å². The van der Waals surface area contributed by atoms with Gasteiger partial charge >= 0.3 is 6.09 Å². The van der Waals surface area contributed by atoms with E-state index in [0.717, 1.165) is 31.9 Å². The third kappa shape index (κ3) is 8.22. The summed E-state index contributed by atoms with van der Waals surface area (Å²) in [6.45, 7) is 13.2. The van der Waals surface area contributed by atoms with Crippen LogP contribution in [0.15, 0.2) is 48.7 Å². The largest absolute Gasteiger partial charge is 0.489 e.